The highest BCUT2D eigenvalue weighted by Crippen LogP contribution is 2.11. The zero-order valence-electron chi connectivity index (χ0n) is 12.0. The summed E-state index contributed by atoms with van der Waals surface area (Å²) in [7, 11) is -3.62. The number of carbonyl (C=O) groups is 1. The summed E-state index contributed by atoms with van der Waals surface area (Å²) < 4.78 is 26.3. The van der Waals surface area contributed by atoms with Crippen LogP contribution in [-0.4, -0.2) is 27.4 Å². The van der Waals surface area contributed by atoms with Gasteiger partial charge in [-0.3, -0.25) is 4.79 Å². The van der Waals surface area contributed by atoms with E-state index in [1.54, 1.807) is 24.3 Å². The van der Waals surface area contributed by atoms with Gasteiger partial charge in [0.25, 0.3) is 0 Å². The molecule has 0 saturated carbocycles. The number of aryl methyl sites for hydroxylation is 1. The molecule has 0 bridgehead atoms. The Labute approximate surface area is 120 Å². The first kappa shape index (κ1) is 16.7. The van der Waals surface area contributed by atoms with Crippen molar-refractivity contribution in [2.24, 2.45) is 0 Å². The molecule has 1 aromatic rings. The minimum atomic E-state index is -3.62. The third kappa shape index (κ3) is 5.30. The molecule has 0 radical (unpaired) electrons. The maximum Gasteiger partial charge on any atom is 0.241 e. The summed E-state index contributed by atoms with van der Waals surface area (Å²) in [6.07, 6.45) is 2.76. The van der Waals surface area contributed by atoms with Crippen molar-refractivity contribution in [1.29, 1.82) is 0 Å². The zero-order chi connectivity index (χ0) is 15.0. The molecule has 1 rings (SSSR count). The molecule has 0 unspecified atom stereocenters. The molecule has 0 saturated heterocycles. The number of rotatable bonds is 8. The van der Waals surface area contributed by atoms with Crippen LogP contribution in [0.1, 0.15) is 32.3 Å². The van der Waals surface area contributed by atoms with Gasteiger partial charge in [-0.05, 0) is 30.5 Å². The van der Waals surface area contributed by atoms with Gasteiger partial charge in [-0.25, -0.2) is 13.1 Å². The van der Waals surface area contributed by atoms with E-state index in [4.69, 9.17) is 0 Å². The van der Waals surface area contributed by atoms with Crippen LogP contribution < -0.4 is 10.0 Å². The van der Waals surface area contributed by atoms with Gasteiger partial charge in [0.05, 0.1) is 11.4 Å². The van der Waals surface area contributed by atoms with Gasteiger partial charge >= 0.3 is 0 Å². The molecule has 6 heteroatoms. The van der Waals surface area contributed by atoms with E-state index in [0.29, 0.717) is 6.54 Å². The summed E-state index contributed by atoms with van der Waals surface area (Å²) >= 11 is 0. The largest absolute Gasteiger partial charge is 0.355 e. The Hall–Kier alpha value is -1.40. The monoisotopic (exact) mass is 298 g/mol. The van der Waals surface area contributed by atoms with Crippen LogP contribution >= 0.6 is 0 Å². The fraction of sp³-hybridized carbons (Fsp3) is 0.500. The van der Waals surface area contributed by atoms with Crippen LogP contribution in [0.4, 0.5) is 0 Å². The van der Waals surface area contributed by atoms with Crippen LogP contribution in [-0.2, 0) is 21.2 Å². The molecule has 0 aliphatic rings. The molecule has 1 aromatic carbocycles. The lowest BCUT2D eigenvalue weighted by molar-refractivity contribution is -0.119. The number of amides is 1. The van der Waals surface area contributed by atoms with Gasteiger partial charge in [-0.15, -0.1) is 0 Å². The van der Waals surface area contributed by atoms with Crippen molar-refractivity contribution in [2.45, 2.75) is 38.0 Å². The first-order valence-corrected chi connectivity index (χ1v) is 8.33. The number of carbonyl (C=O) groups excluding carboxylic acids is 1. The molecular formula is C14H22N2O3S. The molecule has 0 fully saturated rings. The summed E-state index contributed by atoms with van der Waals surface area (Å²) in [5.74, 6) is -0.321. The Bertz CT molecular complexity index is 524. The van der Waals surface area contributed by atoms with Gasteiger partial charge in [0, 0.05) is 6.54 Å². The topological polar surface area (TPSA) is 75.3 Å². The average molecular weight is 298 g/mol. The zero-order valence-corrected chi connectivity index (χ0v) is 12.8. The second kappa shape index (κ2) is 8.01. The van der Waals surface area contributed by atoms with Crippen molar-refractivity contribution in [3.8, 4) is 0 Å². The highest BCUT2D eigenvalue weighted by Gasteiger charge is 2.14. The quantitative estimate of drug-likeness (QED) is 0.762. The highest BCUT2D eigenvalue weighted by atomic mass is 32.2. The molecule has 0 aliphatic carbocycles. The number of hydrogen-bond donors (Lipinski definition) is 2. The predicted molar refractivity (Wildman–Crippen MR) is 78.9 cm³/mol. The summed E-state index contributed by atoms with van der Waals surface area (Å²) in [6, 6.07) is 6.74. The Morgan fingerprint density at radius 2 is 1.75 bits per heavy atom. The third-order valence-electron chi connectivity index (χ3n) is 2.77. The maximum absolute atomic E-state index is 12.0. The number of nitrogens with one attached hydrogen (secondary N) is 2. The summed E-state index contributed by atoms with van der Waals surface area (Å²) in [5.41, 5.74) is 1.10. The van der Waals surface area contributed by atoms with Crippen molar-refractivity contribution in [3.63, 3.8) is 0 Å². The van der Waals surface area contributed by atoms with E-state index in [0.717, 1.165) is 24.8 Å². The van der Waals surface area contributed by atoms with E-state index in [1.165, 1.54) is 0 Å². The number of hydrogen-bond acceptors (Lipinski definition) is 3. The van der Waals surface area contributed by atoms with Gasteiger partial charge in [-0.2, -0.15) is 0 Å². The van der Waals surface area contributed by atoms with Crippen LogP contribution in [0.25, 0.3) is 0 Å². The fourth-order valence-corrected chi connectivity index (χ4v) is 2.68. The Morgan fingerprint density at radius 3 is 2.30 bits per heavy atom. The summed E-state index contributed by atoms with van der Waals surface area (Å²) in [6.45, 7) is 4.31. The van der Waals surface area contributed by atoms with Gasteiger partial charge in [0.1, 0.15) is 0 Å². The van der Waals surface area contributed by atoms with Crippen molar-refractivity contribution in [1.82, 2.24) is 10.0 Å². The molecular weight excluding hydrogens is 276 g/mol. The molecule has 112 valence electrons. The lowest BCUT2D eigenvalue weighted by Crippen LogP contribution is -2.37. The van der Waals surface area contributed by atoms with Crippen molar-refractivity contribution >= 4 is 15.9 Å². The molecule has 20 heavy (non-hydrogen) atoms. The molecule has 1 amide bonds. The number of benzene rings is 1. The molecule has 0 aromatic heterocycles. The first-order valence-electron chi connectivity index (χ1n) is 6.85. The molecule has 0 atom stereocenters. The minimum Gasteiger partial charge on any atom is -0.355 e. The normalized spacial score (nSPS) is 11.3. The molecule has 5 nitrogen and oxygen atoms in total. The lowest BCUT2D eigenvalue weighted by atomic mass is 10.1. The highest BCUT2D eigenvalue weighted by molar-refractivity contribution is 7.89. The van der Waals surface area contributed by atoms with Crippen LogP contribution in [0.15, 0.2) is 29.2 Å². The molecule has 0 heterocycles. The van der Waals surface area contributed by atoms with Crippen molar-refractivity contribution < 1.29 is 13.2 Å². The van der Waals surface area contributed by atoms with Crippen LogP contribution in [0.5, 0.6) is 0 Å². The molecule has 2 N–H and O–H groups in total. The van der Waals surface area contributed by atoms with E-state index in [-0.39, 0.29) is 17.3 Å². The van der Waals surface area contributed by atoms with E-state index < -0.39 is 10.0 Å². The molecule has 0 aliphatic heterocycles. The minimum absolute atomic E-state index is 0.181. The van der Waals surface area contributed by atoms with E-state index >= 15 is 0 Å². The number of sulfonamides is 1. The SMILES string of the molecule is CCCNC(=O)CNS(=O)(=O)c1ccc(CCC)cc1. The lowest BCUT2D eigenvalue weighted by Gasteiger charge is -2.08. The van der Waals surface area contributed by atoms with Crippen LogP contribution in [0.3, 0.4) is 0 Å². The molecule has 0 spiro atoms. The second-order valence-corrected chi connectivity index (χ2v) is 6.34. The fourth-order valence-electron chi connectivity index (χ4n) is 1.69. The van der Waals surface area contributed by atoms with Gasteiger partial charge < -0.3 is 5.32 Å². The Morgan fingerprint density at radius 1 is 1.10 bits per heavy atom. The Kier molecular flexibility index (Phi) is 6.67. The van der Waals surface area contributed by atoms with Crippen molar-refractivity contribution in [2.75, 3.05) is 13.1 Å². The van der Waals surface area contributed by atoms with E-state index in [1.807, 2.05) is 6.92 Å². The predicted octanol–water partition coefficient (Wildman–Crippen LogP) is 1.44. The third-order valence-corrected chi connectivity index (χ3v) is 4.18. The van der Waals surface area contributed by atoms with Gasteiger partial charge in [0.2, 0.25) is 15.9 Å². The summed E-state index contributed by atoms with van der Waals surface area (Å²) in [5, 5.41) is 2.62. The van der Waals surface area contributed by atoms with Crippen LogP contribution in [0, 0.1) is 0 Å². The smallest absolute Gasteiger partial charge is 0.241 e. The Balaban J connectivity index is 2.62. The first-order chi connectivity index (χ1) is 9.49. The van der Waals surface area contributed by atoms with Crippen LogP contribution in [0.2, 0.25) is 0 Å². The summed E-state index contributed by atoms with van der Waals surface area (Å²) in [4.78, 5) is 11.6. The average Bonchev–Trinajstić information content (AvgIpc) is 2.44. The van der Waals surface area contributed by atoms with E-state index in [9.17, 15) is 13.2 Å². The van der Waals surface area contributed by atoms with Gasteiger partial charge in [-0.1, -0.05) is 32.4 Å². The standard InChI is InChI=1S/C14H22N2O3S/c1-3-5-12-6-8-13(9-7-12)20(18,19)16-11-14(17)15-10-4-2/h6-9,16H,3-5,10-11H2,1-2H3,(H,15,17). The second-order valence-electron chi connectivity index (χ2n) is 4.57. The van der Waals surface area contributed by atoms with Gasteiger partial charge in [0.15, 0.2) is 0 Å². The van der Waals surface area contributed by atoms with E-state index in [2.05, 4.69) is 17.0 Å². The van der Waals surface area contributed by atoms with Crippen molar-refractivity contribution in [3.05, 3.63) is 29.8 Å². The maximum atomic E-state index is 12.0.